The lowest BCUT2D eigenvalue weighted by molar-refractivity contribution is -0.0178. The minimum absolute atomic E-state index is 0.527. The summed E-state index contributed by atoms with van der Waals surface area (Å²) >= 11 is 0. The van der Waals surface area contributed by atoms with Crippen LogP contribution in [0.5, 0.6) is 0 Å². The third-order valence-corrected chi connectivity index (χ3v) is 2.37. The van der Waals surface area contributed by atoms with E-state index in [1.807, 2.05) is 61.0 Å². The number of benzene rings is 1. The molecule has 1 aromatic rings. The number of hydroxylamine groups is 2. The van der Waals surface area contributed by atoms with E-state index >= 15 is 0 Å². The first kappa shape index (κ1) is 12.1. The molecule has 0 saturated heterocycles. The van der Waals surface area contributed by atoms with Crippen LogP contribution in [-0.2, 0) is 6.54 Å². The predicted molar refractivity (Wildman–Crippen MR) is 72.5 cm³/mol. The lowest BCUT2D eigenvalue weighted by atomic mass is 10.1. The van der Waals surface area contributed by atoms with Crippen molar-refractivity contribution in [1.29, 1.82) is 0 Å². The van der Waals surface area contributed by atoms with Crippen molar-refractivity contribution in [2.75, 3.05) is 0 Å². The molecule has 0 aromatic heterocycles. The Morgan fingerprint density at radius 3 is 2.56 bits per heavy atom. The first-order valence-corrected chi connectivity index (χ1v) is 5.68. The zero-order valence-electron chi connectivity index (χ0n) is 9.90. The maximum atomic E-state index is 9.04. The summed E-state index contributed by atoms with van der Waals surface area (Å²) in [7, 11) is 0. The van der Waals surface area contributed by atoms with Gasteiger partial charge < -0.3 is 5.32 Å². The molecule has 1 aromatic carbocycles. The van der Waals surface area contributed by atoms with Crippen molar-refractivity contribution in [2.24, 2.45) is 4.99 Å². The summed E-state index contributed by atoms with van der Waals surface area (Å²) in [6.07, 6.45) is 13.0. The van der Waals surface area contributed by atoms with Crippen molar-refractivity contribution >= 4 is 12.0 Å². The van der Waals surface area contributed by atoms with E-state index in [-0.39, 0.29) is 0 Å². The van der Waals surface area contributed by atoms with Gasteiger partial charge in [-0.15, -0.1) is 0 Å². The minimum Gasteiger partial charge on any atom is -0.368 e. The molecule has 0 amide bonds. The Hall–Kier alpha value is -2.33. The van der Waals surface area contributed by atoms with Crippen molar-refractivity contribution < 1.29 is 5.21 Å². The third kappa shape index (κ3) is 3.61. The molecule has 0 bridgehead atoms. The molecule has 18 heavy (non-hydrogen) atoms. The van der Waals surface area contributed by atoms with E-state index < -0.39 is 0 Å². The van der Waals surface area contributed by atoms with Gasteiger partial charge in [0, 0.05) is 12.4 Å². The van der Waals surface area contributed by atoms with Crippen molar-refractivity contribution in [3.63, 3.8) is 0 Å². The maximum absolute atomic E-state index is 9.04. The van der Waals surface area contributed by atoms with Gasteiger partial charge in [-0.25, -0.2) is 10.1 Å². The number of aliphatic imine (C=N–C) groups is 1. The fourth-order valence-electron chi connectivity index (χ4n) is 1.52. The molecule has 0 aliphatic carbocycles. The summed E-state index contributed by atoms with van der Waals surface area (Å²) in [5.41, 5.74) is 2.00. The number of fused-ring (bicyclic) bond motifs is 1. The lowest BCUT2D eigenvalue weighted by Crippen LogP contribution is -2.18. The number of nitrogens with one attached hydrogen (secondary N) is 1. The second kappa shape index (κ2) is 6.42. The van der Waals surface area contributed by atoms with Gasteiger partial charge in [-0.3, -0.25) is 5.21 Å². The largest absolute Gasteiger partial charge is 0.368 e. The Kier molecular flexibility index (Phi) is 4.33. The summed E-state index contributed by atoms with van der Waals surface area (Å²) in [5.74, 6) is 0. The molecule has 3 rings (SSSR count). The second-order valence-corrected chi connectivity index (χ2v) is 3.74. The Balaban J connectivity index is 0.000000149. The highest BCUT2D eigenvalue weighted by Crippen LogP contribution is 2.21. The summed E-state index contributed by atoms with van der Waals surface area (Å²) in [4.78, 5) is 4.02. The Morgan fingerprint density at radius 2 is 1.78 bits per heavy atom. The quantitative estimate of drug-likeness (QED) is 0.734. The van der Waals surface area contributed by atoms with Crippen LogP contribution in [0.25, 0.3) is 0 Å². The summed E-state index contributed by atoms with van der Waals surface area (Å²) in [6.45, 7) is 0.527. The van der Waals surface area contributed by atoms with Crippen LogP contribution in [0.3, 0.4) is 0 Å². The Bertz CT molecular complexity index is 490. The van der Waals surface area contributed by atoms with Crippen molar-refractivity contribution in [3.05, 3.63) is 66.5 Å². The van der Waals surface area contributed by atoms with E-state index in [0.29, 0.717) is 6.54 Å². The van der Waals surface area contributed by atoms with Gasteiger partial charge in [0.25, 0.3) is 0 Å². The monoisotopic (exact) mass is 241 g/mol. The van der Waals surface area contributed by atoms with Crippen LogP contribution in [0.1, 0.15) is 5.56 Å². The molecular weight excluding hydrogens is 226 g/mol. The van der Waals surface area contributed by atoms with Crippen LogP contribution in [0.15, 0.2) is 66.0 Å². The Labute approximate surface area is 106 Å². The number of para-hydroxylation sites is 1. The average Bonchev–Trinajstić information content (AvgIpc) is 2.71. The molecular formula is C14H15N3O. The highest BCUT2D eigenvalue weighted by Gasteiger charge is 2.07. The molecule has 4 heteroatoms. The van der Waals surface area contributed by atoms with Gasteiger partial charge in [0.05, 0.1) is 12.2 Å². The molecule has 2 aliphatic heterocycles. The van der Waals surface area contributed by atoms with Crippen molar-refractivity contribution in [2.45, 2.75) is 6.54 Å². The SMILES string of the molecule is C1=CC=CNC=C1.ON1C=Nc2ccccc2C1. The van der Waals surface area contributed by atoms with E-state index in [4.69, 9.17) is 5.21 Å². The highest BCUT2D eigenvalue weighted by atomic mass is 16.5. The van der Waals surface area contributed by atoms with Crippen LogP contribution < -0.4 is 5.32 Å². The number of hydrogen-bond donors (Lipinski definition) is 2. The fourth-order valence-corrected chi connectivity index (χ4v) is 1.52. The number of nitrogens with zero attached hydrogens (tertiary/aromatic N) is 2. The molecule has 0 radical (unpaired) electrons. The first-order valence-electron chi connectivity index (χ1n) is 5.68. The highest BCUT2D eigenvalue weighted by molar-refractivity contribution is 5.65. The van der Waals surface area contributed by atoms with Gasteiger partial charge in [-0.05, 0) is 23.8 Å². The zero-order valence-corrected chi connectivity index (χ0v) is 9.90. The summed E-state index contributed by atoms with van der Waals surface area (Å²) < 4.78 is 0. The van der Waals surface area contributed by atoms with Crippen LogP contribution in [0.2, 0.25) is 0 Å². The predicted octanol–water partition coefficient (Wildman–Crippen LogP) is 2.72. The van der Waals surface area contributed by atoms with Crippen LogP contribution >= 0.6 is 0 Å². The number of allylic oxidation sites excluding steroid dienone is 4. The van der Waals surface area contributed by atoms with E-state index in [2.05, 4.69) is 10.3 Å². The van der Waals surface area contributed by atoms with Gasteiger partial charge in [-0.1, -0.05) is 30.4 Å². The standard InChI is InChI=1S/C8H8N2O.C6H7N/c11-10-5-7-3-1-2-4-8(7)9-6-10;1-2-4-6-7-5-3-1/h1-4,6,11H,5H2;1-7H. The van der Waals surface area contributed by atoms with Crippen molar-refractivity contribution in [1.82, 2.24) is 10.4 Å². The third-order valence-electron chi connectivity index (χ3n) is 2.37. The van der Waals surface area contributed by atoms with Gasteiger partial charge in [0.15, 0.2) is 0 Å². The second-order valence-electron chi connectivity index (χ2n) is 3.74. The summed E-state index contributed by atoms with van der Waals surface area (Å²) in [6, 6.07) is 7.75. The van der Waals surface area contributed by atoms with E-state index in [1.54, 1.807) is 0 Å². The maximum Gasteiger partial charge on any atom is 0.116 e. The lowest BCUT2D eigenvalue weighted by Gasteiger charge is -2.16. The zero-order chi connectivity index (χ0) is 12.6. The molecule has 0 fully saturated rings. The molecule has 2 heterocycles. The molecule has 4 nitrogen and oxygen atoms in total. The van der Waals surface area contributed by atoms with Gasteiger partial charge in [-0.2, -0.15) is 0 Å². The van der Waals surface area contributed by atoms with Gasteiger partial charge in [0.1, 0.15) is 6.34 Å². The van der Waals surface area contributed by atoms with E-state index in [0.717, 1.165) is 16.3 Å². The molecule has 0 saturated carbocycles. The first-order chi connectivity index (χ1) is 8.86. The topological polar surface area (TPSA) is 47.9 Å². The van der Waals surface area contributed by atoms with Crippen LogP contribution in [0.4, 0.5) is 5.69 Å². The average molecular weight is 241 g/mol. The van der Waals surface area contributed by atoms with E-state index in [1.165, 1.54) is 6.34 Å². The molecule has 2 N–H and O–H groups in total. The normalized spacial score (nSPS) is 15.3. The minimum atomic E-state index is 0.527. The van der Waals surface area contributed by atoms with Gasteiger partial charge >= 0.3 is 0 Å². The molecule has 0 unspecified atom stereocenters. The Morgan fingerprint density at radius 1 is 1.06 bits per heavy atom. The molecule has 92 valence electrons. The molecule has 0 atom stereocenters. The smallest absolute Gasteiger partial charge is 0.116 e. The number of hydrogen-bond acceptors (Lipinski definition) is 4. The van der Waals surface area contributed by atoms with Crippen molar-refractivity contribution in [3.8, 4) is 0 Å². The fraction of sp³-hybridized carbons (Fsp3) is 0.0714. The van der Waals surface area contributed by atoms with E-state index in [9.17, 15) is 0 Å². The molecule has 0 spiro atoms. The number of rotatable bonds is 0. The van der Waals surface area contributed by atoms with Gasteiger partial charge in [0.2, 0.25) is 0 Å². The van der Waals surface area contributed by atoms with Crippen LogP contribution in [0, 0.1) is 0 Å². The van der Waals surface area contributed by atoms with Crippen LogP contribution in [-0.4, -0.2) is 16.6 Å². The summed E-state index contributed by atoms with van der Waals surface area (Å²) in [5, 5.41) is 13.0. The molecule has 2 aliphatic rings.